The second-order valence-electron chi connectivity index (χ2n) is 5.78. The Kier molecular flexibility index (Phi) is 4.21. The first kappa shape index (κ1) is 12.6. The van der Waals surface area contributed by atoms with E-state index in [1.165, 1.54) is 25.7 Å². The maximum absolute atomic E-state index is 4.33. The molecule has 0 spiro atoms. The Hall–Kier alpha value is -0.830. The molecule has 0 aliphatic heterocycles. The van der Waals surface area contributed by atoms with E-state index in [1.54, 1.807) is 0 Å². The number of nitrogens with one attached hydrogen (secondary N) is 2. The van der Waals surface area contributed by atoms with Crippen LogP contribution in [0.15, 0.2) is 12.4 Å². The predicted octanol–water partition coefficient (Wildman–Crippen LogP) is 3.28. The molecular weight excluding hydrogens is 210 g/mol. The molecule has 3 nitrogen and oxygen atoms in total. The Morgan fingerprint density at radius 3 is 2.65 bits per heavy atom. The standard InChI is InChI=1S/C14H25N3/c1-10(2)4-7-13(12-5-6-12)17-11(3)14-15-8-9-16-14/h8-13,17H,4-7H2,1-3H3,(H,15,16). The Bertz CT molecular complexity index is 314. The van der Waals surface area contributed by atoms with Gasteiger partial charge in [-0.15, -0.1) is 0 Å². The molecule has 2 rings (SSSR count). The van der Waals surface area contributed by atoms with Crippen LogP contribution in [0.2, 0.25) is 0 Å². The summed E-state index contributed by atoms with van der Waals surface area (Å²) in [6.07, 6.45) is 9.15. The van der Waals surface area contributed by atoms with Crippen molar-refractivity contribution in [3.05, 3.63) is 18.2 Å². The number of rotatable bonds is 7. The predicted molar refractivity (Wildman–Crippen MR) is 70.7 cm³/mol. The zero-order valence-electron chi connectivity index (χ0n) is 11.2. The number of aromatic amines is 1. The van der Waals surface area contributed by atoms with Crippen molar-refractivity contribution in [2.24, 2.45) is 11.8 Å². The van der Waals surface area contributed by atoms with Crippen LogP contribution >= 0.6 is 0 Å². The van der Waals surface area contributed by atoms with Gasteiger partial charge in [0.05, 0.1) is 6.04 Å². The molecule has 1 aromatic rings. The van der Waals surface area contributed by atoms with Crippen molar-refractivity contribution in [2.45, 2.75) is 58.5 Å². The molecule has 2 atom stereocenters. The maximum Gasteiger partial charge on any atom is 0.122 e. The van der Waals surface area contributed by atoms with Crippen molar-refractivity contribution in [2.75, 3.05) is 0 Å². The normalized spacial score (nSPS) is 19.5. The zero-order valence-corrected chi connectivity index (χ0v) is 11.2. The third-order valence-electron chi connectivity index (χ3n) is 3.64. The summed E-state index contributed by atoms with van der Waals surface area (Å²) in [5, 5.41) is 3.74. The number of aromatic nitrogens is 2. The van der Waals surface area contributed by atoms with Gasteiger partial charge in [0, 0.05) is 18.4 Å². The van der Waals surface area contributed by atoms with Crippen LogP contribution in [0.1, 0.15) is 58.3 Å². The van der Waals surface area contributed by atoms with Crippen molar-refractivity contribution in [1.82, 2.24) is 15.3 Å². The van der Waals surface area contributed by atoms with Gasteiger partial charge in [0.2, 0.25) is 0 Å². The van der Waals surface area contributed by atoms with Crippen LogP contribution in [-0.2, 0) is 0 Å². The highest BCUT2D eigenvalue weighted by molar-refractivity contribution is 4.97. The fourth-order valence-corrected chi connectivity index (χ4v) is 2.38. The van der Waals surface area contributed by atoms with Gasteiger partial charge in [-0.1, -0.05) is 13.8 Å². The fraction of sp³-hybridized carbons (Fsp3) is 0.786. The monoisotopic (exact) mass is 235 g/mol. The van der Waals surface area contributed by atoms with Crippen LogP contribution < -0.4 is 5.32 Å². The summed E-state index contributed by atoms with van der Waals surface area (Å²) in [6, 6.07) is 1.01. The quantitative estimate of drug-likeness (QED) is 0.761. The summed E-state index contributed by atoms with van der Waals surface area (Å²) >= 11 is 0. The van der Waals surface area contributed by atoms with Crippen molar-refractivity contribution in [3.8, 4) is 0 Å². The van der Waals surface area contributed by atoms with Gasteiger partial charge in [0.15, 0.2) is 0 Å². The molecule has 1 aromatic heterocycles. The van der Waals surface area contributed by atoms with Gasteiger partial charge in [-0.2, -0.15) is 0 Å². The zero-order chi connectivity index (χ0) is 12.3. The highest BCUT2D eigenvalue weighted by Crippen LogP contribution is 2.36. The third kappa shape index (κ3) is 3.84. The molecule has 1 saturated carbocycles. The average Bonchev–Trinajstić information content (AvgIpc) is 2.98. The van der Waals surface area contributed by atoms with Crippen molar-refractivity contribution >= 4 is 0 Å². The summed E-state index contributed by atoms with van der Waals surface area (Å²) in [6.45, 7) is 6.81. The SMILES string of the molecule is CC(C)CCC(NC(C)c1ncc[nH]1)C1CC1. The molecule has 1 heterocycles. The third-order valence-corrected chi connectivity index (χ3v) is 3.64. The first-order valence-corrected chi connectivity index (χ1v) is 6.92. The highest BCUT2D eigenvalue weighted by atomic mass is 15.0. The lowest BCUT2D eigenvalue weighted by molar-refractivity contribution is 0.360. The lowest BCUT2D eigenvalue weighted by Gasteiger charge is -2.23. The Balaban J connectivity index is 1.84. The van der Waals surface area contributed by atoms with E-state index in [0.717, 1.165) is 17.7 Å². The van der Waals surface area contributed by atoms with Gasteiger partial charge in [0.1, 0.15) is 5.82 Å². The van der Waals surface area contributed by atoms with Crippen molar-refractivity contribution in [1.29, 1.82) is 0 Å². The van der Waals surface area contributed by atoms with Crippen molar-refractivity contribution in [3.63, 3.8) is 0 Å². The van der Waals surface area contributed by atoms with E-state index in [9.17, 15) is 0 Å². The molecule has 1 aliphatic rings. The summed E-state index contributed by atoms with van der Waals surface area (Å²) in [5.74, 6) is 2.77. The largest absolute Gasteiger partial charge is 0.347 e. The molecule has 3 heteroatoms. The molecular formula is C14H25N3. The smallest absolute Gasteiger partial charge is 0.122 e. The molecule has 17 heavy (non-hydrogen) atoms. The van der Waals surface area contributed by atoms with E-state index >= 15 is 0 Å². The molecule has 0 saturated heterocycles. The van der Waals surface area contributed by atoms with Gasteiger partial charge in [0.25, 0.3) is 0 Å². The van der Waals surface area contributed by atoms with E-state index < -0.39 is 0 Å². The molecule has 96 valence electrons. The van der Waals surface area contributed by atoms with Crippen LogP contribution in [0.4, 0.5) is 0 Å². The molecule has 1 fully saturated rings. The number of H-pyrrole nitrogens is 1. The van der Waals surface area contributed by atoms with Gasteiger partial charge in [-0.3, -0.25) is 0 Å². The van der Waals surface area contributed by atoms with Crippen LogP contribution in [0.5, 0.6) is 0 Å². The number of hydrogen-bond donors (Lipinski definition) is 2. The van der Waals surface area contributed by atoms with Crippen molar-refractivity contribution < 1.29 is 0 Å². The molecule has 2 unspecified atom stereocenters. The van der Waals surface area contributed by atoms with Gasteiger partial charge < -0.3 is 10.3 Å². The second-order valence-corrected chi connectivity index (χ2v) is 5.78. The minimum atomic E-state index is 0.336. The molecule has 1 aliphatic carbocycles. The van der Waals surface area contributed by atoms with Crippen LogP contribution in [0, 0.1) is 11.8 Å². The highest BCUT2D eigenvalue weighted by Gasteiger charge is 2.32. The van der Waals surface area contributed by atoms with Gasteiger partial charge in [-0.25, -0.2) is 4.98 Å². The van der Waals surface area contributed by atoms with Crippen LogP contribution in [0.3, 0.4) is 0 Å². The number of nitrogens with zero attached hydrogens (tertiary/aromatic N) is 1. The van der Waals surface area contributed by atoms with Gasteiger partial charge in [-0.05, 0) is 44.4 Å². The first-order valence-electron chi connectivity index (χ1n) is 6.92. The van der Waals surface area contributed by atoms with Crippen LogP contribution in [0.25, 0.3) is 0 Å². The minimum Gasteiger partial charge on any atom is -0.347 e. The molecule has 0 bridgehead atoms. The van der Waals surface area contributed by atoms with E-state index in [-0.39, 0.29) is 0 Å². The molecule has 0 aromatic carbocycles. The van der Waals surface area contributed by atoms with Crippen LogP contribution in [-0.4, -0.2) is 16.0 Å². The number of hydrogen-bond acceptors (Lipinski definition) is 2. The lowest BCUT2D eigenvalue weighted by Crippen LogP contribution is -2.34. The van der Waals surface area contributed by atoms with E-state index in [2.05, 4.69) is 36.1 Å². The Morgan fingerprint density at radius 2 is 2.12 bits per heavy atom. The molecule has 2 N–H and O–H groups in total. The van der Waals surface area contributed by atoms with E-state index in [0.29, 0.717) is 12.1 Å². The van der Waals surface area contributed by atoms with E-state index in [1.807, 2.05) is 12.4 Å². The summed E-state index contributed by atoms with van der Waals surface area (Å²) in [4.78, 5) is 7.52. The fourth-order valence-electron chi connectivity index (χ4n) is 2.38. The summed E-state index contributed by atoms with van der Waals surface area (Å²) in [7, 11) is 0. The maximum atomic E-state index is 4.33. The first-order chi connectivity index (χ1) is 8.16. The average molecular weight is 235 g/mol. The molecule has 0 amide bonds. The Labute approximate surface area is 104 Å². The second kappa shape index (κ2) is 5.67. The Morgan fingerprint density at radius 1 is 1.35 bits per heavy atom. The van der Waals surface area contributed by atoms with E-state index in [4.69, 9.17) is 0 Å². The summed E-state index contributed by atoms with van der Waals surface area (Å²) < 4.78 is 0. The number of imidazole rings is 1. The summed E-state index contributed by atoms with van der Waals surface area (Å²) in [5.41, 5.74) is 0. The topological polar surface area (TPSA) is 40.7 Å². The molecule has 0 radical (unpaired) electrons. The van der Waals surface area contributed by atoms with Gasteiger partial charge >= 0.3 is 0 Å². The minimum absolute atomic E-state index is 0.336. The lowest BCUT2D eigenvalue weighted by atomic mass is 9.99.